The van der Waals surface area contributed by atoms with Crippen molar-refractivity contribution in [3.63, 3.8) is 0 Å². The molecule has 0 aliphatic rings. The van der Waals surface area contributed by atoms with Crippen LogP contribution in [-0.2, 0) is 14.9 Å². The minimum Gasteiger partial charge on any atom is -1.00 e. The van der Waals surface area contributed by atoms with Gasteiger partial charge in [-0.25, -0.2) is 13.2 Å². The summed E-state index contributed by atoms with van der Waals surface area (Å²) in [6.07, 6.45) is -14.5. The summed E-state index contributed by atoms with van der Waals surface area (Å²) in [5, 5.41) is -6.25. The molecule has 0 aromatic rings. The zero-order valence-corrected chi connectivity index (χ0v) is 10.7. The molecule has 0 rings (SSSR count). The van der Waals surface area contributed by atoms with Crippen LogP contribution in [0.25, 0.3) is 0 Å². The van der Waals surface area contributed by atoms with Crippen molar-refractivity contribution in [1.82, 2.24) is 0 Å². The summed E-state index contributed by atoms with van der Waals surface area (Å²) in [5.74, 6) is 0. The van der Waals surface area contributed by atoms with Gasteiger partial charge in [0, 0.05) is 0 Å². The number of alkyl halides is 7. The van der Waals surface area contributed by atoms with Gasteiger partial charge in [0.05, 0.1) is 0 Å². The molecule has 0 heterocycles. The molecule has 17 heavy (non-hydrogen) atoms. The van der Waals surface area contributed by atoms with Crippen molar-refractivity contribution in [2.45, 2.75) is 24.1 Å². The molecule has 0 aromatic heterocycles. The first-order valence-corrected chi connectivity index (χ1v) is 4.59. The Kier molecular flexibility index (Phi) is 6.98. The predicted molar refractivity (Wildman–Crippen MR) is 34.5 cm³/mol. The molecule has 0 saturated carbocycles. The van der Waals surface area contributed by atoms with Crippen molar-refractivity contribution >= 4 is 10.1 Å². The van der Waals surface area contributed by atoms with E-state index in [1.54, 1.807) is 0 Å². The zero-order valence-electron chi connectivity index (χ0n) is 8.88. The summed E-state index contributed by atoms with van der Waals surface area (Å²) < 4.78 is 113. The second-order valence-electron chi connectivity index (χ2n) is 2.31. The standard InChI is InChI=1S/C4H3F7O4S.Na.H/c5-1(6)2(7)15-3(8,9)4(10,11)16(12,13)14;;/h1-2H,(H,12,13,14);;/q;+1;-1. The van der Waals surface area contributed by atoms with Gasteiger partial charge < -0.3 is 1.43 Å². The molecule has 1 N–H and O–H groups in total. The van der Waals surface area contributed by atoms with E-state index in [1.807, 2.05) is 0 Å². The van der Waals surface area contributed by atoms with E-state index in [2.05, 4.69) is 4.74 Å². The first-order valence-electron chi connectivity index (χ1n) is 3.15. The molecule has 100 valence electrons. The summed E-state index contributed by atoms with van der Waals surface area (Å²) in [5.41, 5.74) is 0. The number of ether oxygens (including phenoxy) is 1. The molecule has 0 aliphatic heterocycles. The summed E-state index contributed by atoms with van der Waals surface area (Å²) >= 11 is 0. The van der Waals surface area contributed by atoms with Crippen molar-refractivity contribution in [1.29, 1.82) is 0 Å². The molecule has 0 fully saturated rings. The summed E-state index contributed by atoms with van der Waals surface area (Å²) in [4.78, 5) is 0. The van der Waals surface area contributed by atoms with E-state index in [4.69, 9.17) is 4.55 Å². The van der Waals surface area contributed by atoms with Crippen molar-refractivity contribution in [2.24, 2.45) is 0 Å². The Morgan fingerprint density at radius 1 is 1.12 bits per heavy atom. The van der Waals surface area contributed by atoms with E-state index in [0.29, 0.717) is 0 Å². The number of halogens is 7. The fraction of sp³-hybridized carbons (Fsp3) is 1.00. The van der Waals surface area contributed by atoms with Gasteiger partial charge in [-0.3, -0.25) is 9.29 Å². The van der Waals surface area contributed by atoms with Gasteiger partial charge in [-0.1, -0.05) is 0 Å². The van der Waals surface area contributed by atoms with E-state index in [9.17, 15) is 39.2 Å². The number of hydrogen-bond donors (Lipinski definition) is 1. The largest absolute Gasteiger partial charge is 1.00 e. The van der Waals surface area contributed by atoms with Crippen LogP contribution < -0.4 is 29.6 Å². The van der Waals surface area contributed by atoms with E-state index in [1.165, 1.54) is 0 Å². The van der Waals surface area contributed by atoms with Gasteiger partial charge in [0.1, 0.15) is 0 Å². The second-order valence-corrected chi connectivity index (χ2v) is 3.77. The average molecular weight is 304 g/mol. The van der Waals surface area contributed by atoms with Crippen LogP contribution in [0, 0.1) is 0 Å². The number of hydrogen-bond acceptors (Lipinski definition) is 3. The van der Waals surface area contributed by atoms with Gasteiger partial charge in [-0.2, -0.15) is 26.0 Å². The zero-order chi connectivity index (χ0) is 13.4. The molecule has 0 bridgehead atoms. The van der Waals surface area contributed by atoms with Crippen molar-refractivity contribution in [3.8, 4) is 0 Å². The maximum atomic E-state index is 12.2. The average Bonchev–Trinajstić information content (AvgIpc) is 2.00. The predicted octanol–water partition coefficient (Wildman–Crippen LogP) is -1.25. The first-order chi connectivity index (χ1) is 6.83. The topological polar surface area (TPSA) is 63.6 Å². The van der Waals surface area contributed by atoms with Crippen LogP contribution in [0.3, 0.4) is 0 Å². The van der Waals surface area contributed by atoms with Gasteiger partial charge in [-0.15, -0.1) is 0 Å². The Hall–Kier alpha value is 0.380. The van der Waals surface area contributed by atoms with Crippen LogP contribution in [0.5, 0.6) is 0 Å². The summed E-state index contributed by atoms with van der Waals surface area (Å²) in [7, 11) is -6.65. The quantitative estimate of drug-likeness (QED) is 0.392. The molecule has 1 unspecified atom stereocenters. The van der Waals surface area contributed by atoms with Crippen molar-refractivity contribution in [3.05, 3.63) is 0 Å². The van der Waals surface area contributed by atoms with Gasteiger partial charge in [0.2, 0.25) is 0 Å². The Labute approximate surface area is 114 Å². The summed E-state index contributed by atoms with van der Waals surface area (Å²) in [6.45, 7) is 0. The molecular weight excluding hydrogens is 300 g/mol. The normalized spacial score (nSPS) is 15.6. The molecule has 0 spiro atoms. The molecule has 1 atom stereocenters. The van der Waals surface area contributed by atoms with Crippen LogP contribution in [0.1, 0.15) is 1.43 Å². The smallest absolute Gasteiger partial charge is 1.00 e. The minimum absolute atomic E-state index is 0. The Bertz CT molecular complexity index is 349. The van der Waals surface area contributed by atoms with Gasteiger partial charge >= 0.3 is 51.0 Å². The third-order valence-corrected chi connectivity index (χ3v) is 2.01. The van der Waals surface area contributed by atoms with Crippen LogP contribution in [0.15, 0.2) is 0 Å². The van der Waals surface area contributed by atoms with Gasteiger partial charge in [0.25, 0.3) is 12.8 Å². The van der Waals surface area contributed by atoms with Crippen LogP contribution in [0.2, 0.25) is 0 Å². The third kappa shape index (κ3) is 4.52. The van der Waals surface area contributed by atoms with Crippen LogP contribution in [0.4, 0.5) is 30.7 Å². The van der Waals surface area contributed by atoms with Crippen molar-refractivity contribution in [2.75, 3.05) is 0 Å². The van der Waals surface area contributed by atoms with E-state index < -0.39 is 34.3 Å². The molecule has 13 heteroatoms. The van der Waals surface area contributed by atoms with Crippen molar-refractivity contribution < 1.29 is 79.4 Å². The Morgan fingerprint density at radius 3 is 1.71 bits per heavy atom. The van der Waals surface area contributed by atoms with E-state index in [0.717, 1.165) is 0 Å². The van der Waals surface area contributed by atoms with Crippen LogP contribution >= 0.6 is 0 Å². The molecule has 0 aromatic carbocycles. The molecule has 0 radical (unpaired) electrons. The fourth-order valence-corrected chi connectivity index (χ4v) is 0.760. The van der Waals surface area contributed by atoms with Crippen LogP contribution in [-0.4, -0.2) is 37.1 Å². The SMILES string of the molecule is O=S(=O)(O)C(F)(F)C(F)(F)OC(F)C(F)F.[H-].[Na+]. The monoisotopic (exact) mass is 304 g/mol. The molecule has 4 nitrogen and oxygen atoms in total. The third-order valence-electron chi connectivity index (χ3n) is 1.12. The first kappa shape index (κ1) is 19.7. The molecular formula is C4H4F7NaO4S. The fourth-order valence-electron chi connectivity index (χ4n) is 0.412. The van der Waals surface area contributed by atoms with E-state index >= 15 is 0 Å². The maximum absolute atomic E-state index is 12.2. The molecule has 0 aliphatic carbocycles. The second kappa shape index (κ2) is 6.02. The number of rotatable bonds is 5. The minimum atomic E-state index is -6.65. The van der Waals surface area contributed by atoms with E-state index in [-0.39, 0.29) is 31.0 Å². The maximum Gasteiger partial charge on any atom is 1.00 e. The van der Waals surface area contributed by atoms with Gasteiger partial charge in [0.15, 0.2) is 0 Å². The Balaban J connectivity index is -0.00000112. The summed E-state index contributed by atoms with van der Waals surface area (Å²) in [6, 6.07) is 0. The molecule has 0 saturated heterocycles. The van der Waals surface area contributed by atoms with Gasteiger partial charge in [-0.05, 0) is 0 Å². The Morgan fingerprint density at radius 2 is 1.47 bits per heavy atom. The molecule has 0 amide bonds.